The summed E-state index contributed by atoms with van der Waals surface area (Å²) in [7, 11) is 1.46. The number of hydrogen-bond acceptors (Lipinski definition) is 7. The third-order valence-electron chi connectivity index (χ3n) is 6.92. The van der Waals surface area contributed by atoms with E-state index in [2.05, 4.69) is 15.3 Å². The summed E-state index contributed by atoms with van der Waals surface area (Å²) in [6.07, 6.45) is -4.19. The molecule has 1 atom stereocenters. The number of aromatic nitrogens is 4. The third-order valence-corrected chi connectivity index (χ3v) is 6.92. The van der Waals surface area contributed by atoms with E-state index in [1.165, 1.54) is 16.5 Å². The second-order valence-corrected chi connectivity index (χ2v) is 11.2. The van der Waals surface area contributed by atoms with Crippen LogP contribution in [0.5, 0.6) is 0 Å². The lowest BCUT2D eigenvalue weighted by Crippen LogP contribution is -2.49. The summed E-state index contributed by atoms with van der Waals surface area (Å²) in [4.78, 5) is 50.1. The van der Waals surface area contributed by atoms with Crippen LogP contribution in [-0.2, 0) is 28.8 Å². The lowest BCUT2D eigenvalue weighted by Gasteiger charge is -2.34. The first-order chi connectivity index (χ1) is 19.1. The van der Waals surface area contributed by atoms with Crippen molar-refractivity contribution in [3.8, 4) is 0 Å². The molecule has 0 saturated carbocycles. The third kappa shape index (κ3) is 5.57. The standard InChI is InChI=1S/C26H29F4N7O4/c1-25(2,3)41-24(40)31-16-6-5-9-35(12-16)23-33-20-19(21(39)37-13-18(38)34(4)22(37)32-20)36(23)11-14-10-15(27)7-8-17(14)26(28,29)30/h7-8,10,16H,5-6,9,11-13H2,1-4H3,(H,31,40)/t16-/m1/s1. The number of anilines is 2. The van der Waals surface area contributed by atoms with E-state index >= 15 is 0 Å². The van der Waals surface area contributed by atoms with E-state index in [0.717, 1.165) is 16.7 Å². The van der Waals surface area contributed by atoms with Crippen molar-refractivity contribution in [2.24, 2.45) is 0 Å². The number of hydrogen-bond donors (Lipinski definition) is 1. The molecule has 3 aromatic rings. The Hall–Kier alpha value is -4.17. The van der Waals surface area contributed by atoms with E-state index in [1.807, 2.05) is 0 Å². The average molecular weight is 580 g/mol. The van der Waals surface area contributed by atoms with Gasteiger partial charge in [0.25, 0.3) is 5.56 Å². The van der Waals surface area contributed by atoms with Crippen molar-refractivity contribution < 1.29 is 31.9 Å². The monoisotopic (exact) mass is 579 g/mol. The fourth-order valence-electron chi connectivity index (χ4n) is 5.12. The van der Waals surface area contributed by atoms with Crippen LogP contribution in [0.2, 0.25) is 0 Å². The molecule has 11 nitrogen and oxygen atoms in total. The number of imidazole rings is 1. The highest BCUT2D eigenvalue weighted by molar-refractivity contribution is 5.95. The van der Waals surface area contributed by atoms with Crippen LogP contribution in [0.3, 0.4) is 0 Å². The molecule has 2 amide bonds. The van der Waals surface area contributed by atoms with Crippen molar-refractivity contribution in [3.63, 3.8) is 0 Å². The molecular formula is C26H29F4N7O4. The predicted molar refractivity (Wildman–Crippen MR) is 140 cm³/mol. The van der Waals surface area contributed by atoms with E-state index in [-0.39, 0.29) is 48.1 Å². The van der Waals surface area contributed by atoms with Crippen LogP contribution in [0.25, 0.3) is 11.2 Å². The minimum atomic E-state index is -4.78. The molecule has 1 aromatic carbocycles. The lowest BCUT2D eigenvalue weighted by atomic mass is 10.1. The summed E-state index contributed by atoms with van der Waals surface area (Å²) in [5.41, 5.74) is -3.02. The smallest absolute Gasteiger partial charge is 0.416 e. The normalized spacial score (nSPS) is 17.8. The van der Waals surface area contributed by atoms with Gasteiger partial charge >= 0.3 is 12.3 Å². The highest BCUT2D eigenvalue weighted by atomic mass is 19.4. The van der Waals surface area contributed by atoms with Gasteiger partial charge in [-0.25, -0.2) is 9.18 Å². The number of nitrogens with zero attached hydrogens (tertiary/aromatic N) is 6. The van der Waals surface area contributed by atoms with Gasteiger partial charge in [0.2, 0.25) is 17.8 Å². The minimum Gasteiger partial charge on any atom is -0.444 e. The van der Waals surface area contributed by atoms with E-state index in [4.69, 9.17) is 4.74 Å². The summed E-state index contributed by atoms with van der Waals surface area (Å²) in [6, 6.07) is 1.77. The van der Waals surface area contributed by atoms with Gasteiger partial charge in [-0.15, -0.1) is 0 Å². The minimum absolute atomic E-state index is 0.0635. The Morgan fingerprint density at radius 2 is 1.85 bits per heavy atom. The van der Waals surface area contributed by atoms with E-state index in [9.17, 15) is 31.9 Å². The molecule has 2 aliphatic heterocycles. The van der Waals surface area contributed by atoms with Crippen LogP contribution in [-0.4, -0.2) is 62.9 Å². The van der Waals surface area contributed by atoms with Gasteiger partial charge in [-0.1, -0.05) is 0 Å². The zero-order chi connectivity index (χ0) is 29.9. The highest BCUT2D eigenvalue weighted by Gasteiger charge is 2.36. The Kier molecular flexibility index (Phi) is 6.94. The van der Waals surface area contributed by atoms with Crippen molar-refractivity contribution in [3.05, 3.63) is 45.5 Å². The van der Waals surface area contributed by atoms with Gasteiger partial charge < -0.3 is 15.0 Å². The quantitative estimate of drug-likeness (QED) is 0.472. The van der Waals surface area contributed by atoms with Crippen LogP contribution in [0.4, 0.5) is 34.3 Å². The number of benzene rings is 1. The van der Waals surface area contributed by atoms with Gasteiger partial charge in [0.05, 0.1) is 12.1 Å². The fraction of sp³-hybridized carbons (Fsp3) is 0.500. The van der Waals surface area contributed by atoms with Gasteiger partial charge in [0.15, 0.2) is 11.2 Å². The van der Waals surface area contributed by atoms with E-state index < -0.39 is 46.9 Å². The van der Waals surface area contributed by atoms with Crippen LogP contribution >= 0.6 is 0 Å². The SMILES string of the molecule is CN1C(=O)Cn2c1nc1nc(N3CCC[C@@H](NC(=O)OC(C)(C)C)C3)n(Cc3cc(F)ccc3C(F)(F)F)c1c2=O. The number of alkyl carbamates (subject to hydrolysis) is 1. The molecule has 1 N–H and O–H groups in total. The first-order valence-corrected chi connectivity index (χ1v) is 13.0. The van der Waals surface area contributed by atoms with Gasteiger partial charge in [-0.05, 0) is 57.4 Å². The Morgan fingerprint density at radius 3 is 2.54 bits per heavy atom. The zero-order valence-electron chi connectivity index (χ0n) is 22.9. The van der Waals surface area contributed by atoms with Crippen LogP contribution < -0.4 is 20.7 Å². The number of likely N-dealkylation sites (N-methyl/N-ethyl adjacent to an activating group) is 1. The fourth-order valence-corrected chi connectivity index (χ4v) is 5.12. The molecule has 220 valence electrons. The molecule has 15 heteroatoms. The summed E-state index contributed by atoms with van der Waals surface area (Å²) in [5, 5.41) is 2.81. The van der Waals surface area contributed by atoms with Crippen molar-refractivity contribution in [2.45, 2.75) is 64.5 Å². The molecule has 1 fully saturated rings. The predicted octanol–water partition coefficient (Wildman–Crippen LogP) is 3.27. The molecule has 4 heterocycles. The molecular weight excluding hydrogens is 550 g/mol. The number of carbonyl (C=O) groups is 2. The maximum absolute atomic E-state index is 14.2. The summed E-state index contributed by atoms with van der Waals surface area (Å²) in [6.45, 7) is 5.02. The second kappa shape index (κ2) is 10.0. The van der Waals surface area contributed by atoms with E-state index in [0.29, 0.717) is 25.5 Å². The molecule has 0 radical (unpaired) electrons. The number of piperidine rings is 1. The molecule has 41 heavy (non-hydrogen) atoms. The van der Waals surface area contributed by atoms with Gasteiger partial charge in [0.1, 0.15) is 18.0 Å². The molecule has 5 rings (SSSR count). The van der Waals surface area contributed by atoms with Crippen LogP contribution in [0, 0.1) is 5.82 Å². The number of alkyl halides is 3. The van der Waals surface area contributed by atoms with Gasteiger partial charge in [0, 0.05) is 26.2 Å². The van der Waals surface area contributed by atoms with Crippen molar-refractivity contribution >= 4 is 35.1 Å². The van der Waals surface area contributed by atoms with Crippen LogP contribution in [0.15, 0.2) is 23.0 Å². The maximum atomic E-state index is 14.2. The van der Waals surface area contributed by atoms with Gasteiger partial charge in [-0.2, -0.15) is 23.1 Å². The number of ether oxygens (including phenoxy) is 1. The molecule has 1 saturated heterocycles. The second-order valence-electron chi connectivity index (χ2n) is 11.2. The van der Waals surface area contributed by atoms with Crippen molar-refractivity contribution in [1.29, 1.82) is 0 Å². The molecule has 0 aliphatic carbocycles. The highest BCUT2D eigenvalue weighted by Crippen LogP contribution is 2.34. The lowest BCUT2D eigenvalue weighted by molar-refractivity contribution is -0.138. The number of amides is 2. The first-order valence-electron chi connectivity index (χ1n) is 13.0. The summed E-state index contributed by atoms with van der Waals surface area (Å²) >= 11 is 0. The summed E-state index contributed by atoms with van der Waals surface area (Å²) in [5.74, 6) is -1.06. The van der Waals surface area contributed by atoms with Gasteiger partial charge in [-0.3, -0.25) is 23.6 Å². The largest absolute Gasteiger partial charge is 0.444 e. The first kappa shape index (κ1) is 28.4. The van der Waals surface area contributed by atoms with E-state index in [1.54, 1.807) is 25.7 Å². The molecule has 0 unspecified atom stereocenters. The zero-order valence-corrected chi connectivity index (χ0v) is 22.9. The Balaban J connectivity index is 1.60. The van der Waals surface area contributed by atoms with Crippen molar-refractivity contribution in [2.75, 3.05) is 29.9 Å². The Bertz CT molecular complexity index is 1590. The molecule has 0 bridgehead atoms. The summed E-state index contributed by atoms with van der Waals surface area (Å²) < 4.78 is 63.6. The topological polar surface area (TPSA) is 115 Å². The molecule has 0 spiro atoms. The number of carbonyl (C=O) groups excluding carboxylic acids is 2. The number of rotatable bonds is 4. The molecule has 2 aromatic heterocycles. The number of fused-ring (bicyclic) bond motifs is 2. The maximum Gasteiger partial charge on any atom is 0.416 e. The number of nitrogens with one attached hydrogen (secondary N) is 1. The molecule has 2 aliphatic rings. The number of halogens is 4. The van der Waals surface area contributed by atoms with Crippen molar-refractivity contribution in [1.82, 2.24) is 24.4 Å². The average Bonchev–Trinajstić information content (AvgIpc) is 3.35. The Labute approximate surface area is 231 Å². The van der Waals surface area contributed by atoms with Crippen LogP contribution in [0.1, 0.15) is 44.7 Å². The Morgan fingerprint density at radius 1 is 1.15 bits per heavy atom.